The van der Waals surface area contributed by atoms with Gasteiger partial charge in [-0.25, -0.2) is 22.8 Å². The molecule has 0 aliphatic carbocycles. The molecule has 1 atom stereocenters. The van der Waals surface area contributed by atoms with E-state index in [-0.39, 0.29) is 23.9 Å². The summed E-state index contributed by atoms with van der Waals surface area (Å²) in [7, 11) is -3.08. The molecule has 220 valence electrons. The number of pyridine rings is 1. The van der Waals surface area contributed by atoms with E-state index in [0.29, 0.717) is 48.7 Å². The first-order valence-corrected chi connectivity index (χ1v) is 16.2. The smallest absolute Gasteiger partial charge is 0.166 e. The molecule has 2 N–H and O–H groups in total. The molecule has 0 bridgehead atoms. The van der Waals surface area contributed by atoms with E-state index in [2.05, 4.69) is 41.5 Å². The minimum Gasteiger partial charge on any atom is -0.488 e. The highest BCUT2D eigenvalue weighted by Crippen LogP contribution is 2.36. The van der Waals surface area contributed by atoms with Crippen molar-refractivity contribution >= 4 is 48.2 Å². The van der Waals surface area contributed by atoms with Crippen LogP contribution in [0.5, 0.6) is 5.75 Å². The van der Waals surface area contributed by atoms with Crippen LogP contribution in [-0.4, -0.2) is 48.0 Å². The first-order valence-electron chi connectivity index (χ1n) is 13.6. The van der Waals surface area contributed by atoms with E-state index in [4.69, 9.17) is 9.47 Å². The van der Waals surface area contributed by atoms with Gasteiger partial charge < -0.3 is 20.1 Å². The highest BCUT2D eigenvalue weighted by atomic mass is 79.9. The minimum atomic E-state index is -3.08. The molecule has 9 nitrogen and oxygen atoms in total. The first kappa shape index (κ1) is 29.9. The van der Waals surface area contributed by atoms with Gasteiger partial charge in [0.05, 0.1) is 33.9 Å². The predicted octanol–water partition coefficient (Wildman–Crippen LogP) is 5.79. The third-order valence-electron chi connectivity index (χ3n) is 6.82. The van der Waals surface area contributed by atoms with Gasteiger partial charge in [-0.15, -0.1) is 0 Å². The Bertz CT molecular complexity index is 1690. The highest BCUT2D eigenvalue weighted by Gasteiger charge is 2.37. The van der Waals surface area contributed by atoms with Gasteiger partial charge in [-0.3, -0.25) is 4.98 Å². The summed E-state index contributed by atoms with van der Waals surface area (Å²) >= 11 is 3.56. The van der Waals surface area contributed by atoms with Crippen LogP contribution >= 0.6 is 15.9 Å². The Kier molecular flexibility index (Phi) is 9.34. The molecule has 2 aromatic carbocycles. The van der Waals surface area contributed by atoms with Crippen molar-refractivity contribution in [3.8, 4) is 5.75 Å². The Balaban J connectivity index is 1.32. The van der Waals surface area contributed by atoms with E-state index in [0.717, 1.165) is 21.1 Å². The molecule has 0 radical (unpaired) electrons. The van der Waals surface area contributed by atoms with E-state index < -0.39 is 15.4 Å². The van der Waals surface area contributed by atoms with Crippen molar-refractivity contribution in [2.45, 2.75) is 32.0 Å². The summed E-state index contributed by atoms with van der Waals surface area (Å²) < 4.78 is 50.4. The minimum absolute atomic E-state index is 0.0710. The number of hydrogen-bond donors (Lipinski definition) is 2. The zero-order valence-electron chi connectivity index (χ0n) is 23.0. The molecular weight excluding hydrogens is 625 g/mol. The first-order chi connectivity index (χ1) is 20.3. The number of ether oxygens (including phenoxy) is 2. The van der Waals surface area contributed by atoms with Crippen LogP contribution in [0.3, 0.4) is 0 Å². The molecule has 42 heavy (non-hydrogen) atoms. The number of halogens is 2. The van der Waals surface area contributed by atoms with Gasteiger partial charge in [0.2, 0.25) is 0 Å². The van der Waals surface area contributed by atoms with Crippen LogP contribution in [-0.2, 0) is 26.8 Å². The van der Waals surface area contributed by atoms with E-state index in [9.17, 15) is 12.8 Å². The third kappa shape index (κ3) is 7.23. The van der Waals surface area contributed by atoms with Crippen molar-refractivity contribution in [3.63, 3.8) is 0 Å². The molecule has 0 saturated heterocycles. The molecule has 4 aromatic rings. The van der Waals surface area contributed by atoms with Crippen LogP contribution in [0.2, 0.25) is 0 Å². The van der Waals surface area contributed by atoms with Gasteiger partial charge in [0.15, 0.2) is 15.4 Å². The molecule has 0 spiro atoms. The number of fused-ring (bicyclic) bond motifs is 1. The molecular formula is C30H31BrFN5O4S. The Morgan fingerprint density at radius 2 is 2.00 bits per heavy atom. The van der Waals surface area contributed by atoms with E-state index in [1.165, 1.54) is 18.5 Å². The molecule has 0 fully saturated rings. The highest BCUT2D eigenvalue weighted by molar-refractivity contribution is 9.10. The maximum absolute atomic E-state index is 13.5. The summed E-state index contributed by atoms with van der Waals surface area (Å²) in [4.78, 5) is 13.5. The standard InChI is InChI=1S/C30H31BrFN5O4S/c1-2-12-42(38,39)13-10-33-19-30(9-4-11-41-30)28-16-24-26(17-34-28)35-20-36-29(24)37-23-7-8-27(25(31)15-23)40-18-21-5-3-6-22(32)14-21/h3-8,11,14-17,20,33H,2,9-10,12-13,18-19H2,1H3,(H,35,36,37). The summed E-state index contributed by atoms with van der Waals surface area (Å²) in [5.74, 6) is 1.15. The number of benzene rings is 2. The van der Waals surface area contributed by atoms with Gasteiger partial charge in [0.1, 0.15) is 30.3 Å². The fourth-order valence-electron chi connectivity index (χ4n) is 4.69. The lowest BCUT2D eigenvalue weighted by Crippen LogP contribution is -2.40. The average molecular weight is 657 g/mol. The Labute approximate surface area is 252 Å². The zero-order valence-corrected chi connectivity index (χ0v) is 25.4. The van der Waals surface area contributed by atoms with Crippen molar-refractivity contribution in [2.75, 3.05) is 29.9 Å². The van der Waals surface area contributed by atoms with Crippen LogP contribution in [0.1, 0.15) is 31.0 Å². The fourth-order valence-corrected chi connectivity index (χ4v) is 6.47. The second-order valence-corrected chi connectivity index (χ2v) is 13.2. The molecule has 2 aromatic heterocycles. The number of nitrogens with one attached hydrogen (secondary N) is 2. The maximum Gasteiger partial charge on any atom is 0.166 e. The molecule has 5 rings (SSSR count). The summed E-state index contributed by atoms with van der Waals surface area (Å²) in [6.07, 6.45) is 7.92. The van der Waals surface area contributed by atoms with Crippen molar-refractivity contribution in [2.24, 2.45) is 0 Å². The number of nitrogens with zero attached hydrogens (tertiary/aromatic N) is 3. The molecule has 0 saturated carbocycles. The molecule has 12 heteroatoms. The monoisotopic (exact) mass is 655 g/mol. The van der Waals surface area contributed by atoms with Crippen molar-refractivity contribution in [1.29, 1.82) is 0 Å². The van der Waals surface area contributed by atoms with E-state index in [1.807, 2.05) is 37.3 Å². The molecule has 3 heterocycles. The van der Waals surface area contributed by atoms with Crippen molar-refractivity contribution in [1.82, 2.24) is 20.3 Å². The van der Waals surface area contributed by atoms with Gasteiger partial charge in [-0.1, -0.05) is 19.1 Å². The number of rotatable bonds is 13. The Morgan fingerprint density at radius 1 is 1.12 bits per heavy atom. The zero-order chi connectivity index (χ0) is 29.6. The van der Waals surface area contributed by atoms with Crippen LogP contribution in [0.15, 0.2) is 77.9 Å². The lowest BCUT2D eigenvalue weighted by atomic mass is 9.94. The number of aromatic nitrogens is 3. The largest absolute Gasteiger partial charge is 0.488 e. The fraction of sp³-hybridized carbons (Fsp3) is 0.300. The van der Waals surface area contributed by atoms with Gasteiger partial charge >= 0.3 is 0 Å². The molecule has 1 unspecified atom stereocenters. The quantitative estimate of drug-likeness (QED) is 0.173. The lowest BCUT2D eigenvalue weighted by molar-refractivity contribution is 0.0378. The molecule has 1 aliphatic rings. The number of sulfone groups is 1. The Morgan fingerprint density at radius 3 is 2.76 bits per heavy atom. The topological polar surface area (TPSA) is 115 Å². The van der Waals surface area contributed by atoms with Crippen molar-refractivity contribution < 1.29 is 22.3 Å². The maximum atomic E-state index is 13.5. The van der Waals surface area contributed by atoms with Gasteiger partial charge in [0, 0.05) is 36.3 Å². The van der Waals surface area contributed by atoms with Gasteiger partial charge in [-0.2, -0.15) is 0 Å². The summed E-state index contributed by atoms with van der Waals surface area (Å²) in [5.41, 5.74) is 2.06. The van der Waals surface area contributed by atoms with E-state index >= 15 is 0 Å². The molecule has 0 amide bonds. The van der Waals surface area contributed by atoms with Crippen LogP contribution in [0.25, 0.3) is 10.9 Å². The van der Waals surface area contributed by atoms with Gasteiger partial charge in [-0.05, 0) is 70.4 Å². The SMILES string of the molecule is CCCS(=O)(=O)CCNCC1(c2cc3c(Nc4ccc(OCc5cccc(F)c5)c(Br)c4)ncnc3cn2)CC=CO1. The molecule has 1 aliphatic heterocycles. The van der Waals surface area contributed by atoms with Crippen LogP contribution < -0.4 is 15.4 Å². The summed E-state index contributed by atoms with van der Waals surface area (Å²) in [6.45, 7) is 2.81. The lowest BCUT2D eigenvalue weighted by Gasteiger charge is -2.29. The average Bonchev–Trinajstić information content (AvgIpc) is 3.45. The van der Waals surface area contributed by atoms with Crippen LogP contribution in [0, 0.1) is 5.82 Å². The predicted molar refractivity (Wildman–Crippen MR) is 164 cm³/mol. The van der Waals surface area contributed by atoms with Crippen molar-refractivity contribution in [3.05, 3.63) is 94.9 Å². The van der Waals surface area contributed by atoms with E-state index in [1.54, 1.807) is 24.6 Å². The van der Waals surface area contributed by atoms with Crippen LogP contribution in [0.4, 0.5) is 15.9 Å². The third-order valence-corrected chi connectivity index (χ3v) is 9.30. The second-order valence-electron chi connectivity index (χ2n) is 10.0. The second kappa shape index (κ2) is 13.1. The number of anilines is 2. The number of hydrogen-bond acceptors (Lipinski definition) is 9. The normalized spacial score (nSPS) is 16.5. The van der Waals surface area contributed by atoms with Gasteiger partial charge in [0.25, 0.3) is 0 Å². The Hall–Kier alpha value is -3.61. The summed E-state index contributed by atoms with van der Waals surface area (Å²) in [6, 6.07) is 13.8. The summed E-state index contributed by atoms with van der Waals surface area (Å²) in [5, 5.41) is 7.36.